The lowest BCUT2D eigenvalue weighted by Gasteiger charge is -2.41. The normalized spacial score (nSPS) is 22.8. The molecule has 2 N–H and O–H groups in total. The fraction of sp³-hybridized carbons (Fsp3) is 0.727. The molecule has 29 heavy (non-hydrogen) atoms. The van der Waals surface area contributed by atoms with Crippen molar-refractivity contribution < 1.29 is 13.7 Å². The lowest BCUT2D eigenvalue weighted by atomic mass is 9.93. The maximum atomic E-state index is 13.4. The van der Waals surface area contributed by atoms with E-state index in [1.807, 2.05) is 10.5 Å². The second kappa shape index (κ2) is 11.6. The average Bonchev–Trinajstić information content (AvgIpc) is 2.73. The third kappa shape index (κ3) is 6.77. The molecule has 2 aliphatic rings. The minimum atomic E-state index is -1.24. The van der Waals surface area contributed by atoms with Crippen LogP contribution in [0, 0.1) is 18.3 Å². The van der Waals surface area contributed by atoms with E-state index in [1.54, 1.807) is 0 Å². The predicted molar refractivity (Wildman–Crippen MR) is 119 cm³/mol. The summed E-state index contributed by atoms with van der Waals surface area (Å²) in [5.41, 5.74) is 7.49. The Labute approximate surface area is 177 Å². The molecule has 162 valence electrons. The first-order chi connectivity index (χ1) is 13.9. The van der Waals surface area contributed by atoms with Crippen molar-refractivity contribution >= 4 is 22.6 Å². The largest absolute Gasteiger partial charge is 0.381 e. The molecule has 0 bridgehead atoms. The van der Waals surface area contributed by atoms with Crippen molar-refractivity contribution in [2.45, 2.75) is 70.0 Å². The minimum Gasteiger partial charge on any atom is -0.381 e. The highest BCUT2D eigenvalue weighted by Crippen LogP contribution is 2.34. The van der Waals surface area contributed by atoms with Crippen LogP contribution in [-0.2, 0) is 20.5 Å². The van der Waals surface area contributed by atoms with Crippen LogP contribution >= 0.6 is 0 Å². The van der Waals surface area contributed by atoms with Crippen molar-refractivity contribution in [1.82, 2.24) is 4.31 Å². The van der Waals surface area contributed by atoms with Gasteiger partial charge < -0.3 is 10.5 Å². The topological polar surface area (TPSA) is 85.0 Å². The van der Waals surface area contributed by atoms with Gasteiger partial charge >= 0.3 is 0 Å². The van der Waals surface area contributed by atoms with Crippen LogP contribution in [0.2, 0.25) is 0 Å². The van der Waals surface area contributed by atoms with Gasteiger partial charge in [-0.05, 0) is 51.4 Å². The number of amides is 1. The summed E-state index contributed by atoms with van der Waals surface area (Å²) in [5, 5.41) is 0. The number of piperidine rings is 1. The number of hydrogen-bond donors (Lipinski definition) is 1. The van der Waals surface area contributed by atoms with Gasteiger partial charge in [-0.25, -0.2) is 8.51 Å². The number of carbonyl (C=O) groups is 1. The lowest BCUT2D eigenvalue weighted by molar-refractivity contribution is -0.119. The van der Waals surface area contributed by atoms with Crippen LogP contribution in [0.3, 0.4) is 0 Å². The van der Waals surface area contributed by atoms with Crippen LogP contribution < -0.4 is 5.73 Å². The first kappa shape index (κ1) is 23.8. The summed E-state index contributed by atoms with van der Waals surface area (Å²) in [7, 11) is -1.24. The van der Waals surface area contributed by atoms with Crippen LogP contribution in [0.5, 0.6) is 0 Å². The van der Waals surface area contributed by atoms with E-state index in [2.05, 4.69) is 24.8 Å². The van der Waals surface area contributed by atoms with Gasteiger partial charge in [0.15, 0.2) is 0 Å². The summed E-state index contributed by atoms with van der Waals surface area (Å²) in [6, 6.07) is 0. The zero-order valence-electron chi connectivity index (χ0n) is 17.8. The van der Waals surface area contributed by atoms with Gasteiger partial charge in [-0.3, -0.25) is 9.79 Å². The van der Waals surface area contributed by atoms with Gasteiger partial charge in [0.2, 0.25) is 5.91 Å². The second-order valence-electron chi connectivity index (χ2n) is 8.06. The fourth-order valence-corrected chi connectivity index (χ4v) is 5.89. The number of terminal acetylenes is 1. The molecule has 2 saturated heterocycles. The summed E-state index contributed by atoms with van der Waals surface area (Å²) in [5.74, 6) is 2.71. The van der Waals surface area contributed by atoms with E-state index in [-0.39, 0.29) is 6.42 Å². The van der Waals surface area contributed by atoms with Crippen LogP contribution in [0.1, 0.15) is 65.2 Å². The molecular weight excluding hydrogens is 386 g/mol. The number of primary amides is 1. The molecule has 0 radical (unpaired) electrons. The van der Waals surface area contributed by atoms with Crippen molar-refractivity contribution in [3.05, 3.63) is 11.8 Å². The first-order valence-corrected chi connectivity index (χ1v) is 11.8. The second-order valence-corrected chi connectivity index (χ2v) is 9.94. The van der Waals surface area contributed by atoms with E-state index in [0.29, 0.717) is 32.0 Å². The summed E-state index contributed by atoms with van der Waals surface area (Å²) in [6.45, 7) is 6.72. The summed E-state index contributed by atoms with van der Waals surface area (Å²) < 4.78 is 20.2. The standard InChI is InChI=1S/C22H35N3O3S/c1-4-6-7-19(5-2)17-24-18(3)20-8-12-25(13-9-20)29(27)22(16-21(23)26)10-14-28-15-11-22/h2,17,20H,4,6-16H2,1,3H3,(H2,23,26)/b19-17+,24-18?. The van der Waals surface area contributed by atoms with Crippen LogP contribution in [0.15, 0.2) is 16.8 Å². The first-order valence-electron chi connectivity index (χ1n) is 10.6. The number of ether oxygens (including phenoxy) is 1. The van der Waals surface area contributed by atoms with Crippen molar-refractivity contribution in [2.24, 2.45) is 16.6 Å². The third-order valence-electron chi connectivity index (χ3n) is 5.96. The summed E-state index contributed by atoms with van der Waals surface area (Å²) in [6.07, 6.45) is 13.7. The summed E-state index contributed by atoms with van der Waals surface area (Å²) >= 11 is 0. The smallest absolute Gasteiger partial charge is 0.218 e. The molecule has 1 atom stereocenters. The molecule has 1 amide bonds. The van der Waals surface area contributed by atoms with Gasteiger partial charge in [0.25, 0.3) is 0 Å². The van der Waals surface area contributed by atoms with Gasteiger partial charge in [-0.1, -0.05) is 19.3 Å². The molecule has 7 heteroatoms. The van der Waals surface area contributed by atoms with Crippen LogP contribution in [0.25, 0.3) is 0 Å². The molecule has 2 aliphatic heterocycles. The number of aliphatic imine (C=N–C) groups is 1. The lowest BCUT2D eigenvalue weighted by Crippen LogP contribution is -2.51. The molecule has 2 rings (SSSR count). The van der Waals surface area contributed by atoms with Crippen molar-refractivity contribution in [1.29, 1.82) is 0 Å². The van der Waals surface area contributed by atoms with Gasteiger partial charge in [-0.2, -0.15) is 0 Å². The van der Waals surface area contributed by atoms with E-state index in [4.69, 9.17) is 16.9 Å². The Balaban J connectivity index is 1.97. The number of nitrogens with two attached hydrogens (primary N) is 1. The Morgan fingerprint density at radius 1 is 1.38 bits per heavy atom. The minimum absolute atomic E-state index is 0.154. The maximum absolute atomic E-state index is 13.4. The fourth-order valence-electron chi connectivity index (χ4n) is 4.01. The van der Waals surface area contributed by atoms with Gasteiger partial charge in [0, 0.05) is 50.2 Å². The summed E-state index contributed by atoms with van der Waals surface area (Å²) in [4.78, 5) is 16.2. The molecule has 2 fully saturated rings. The molecule has 6 nitrogen and oxygen atoms in total. The number of allylic oxidation sites excluding steroid dienone is 1. The Morgan fingerprint density at radius 3 is 2.59 bits per heavy atom. The number of rotatable bonds is 9. The van der Waals surface area contributed by atoms with Gasteiger partial charge in [0.05, 0.1) is 4.75 Å². The zero-order chi connectivity index (χ0) is 21.3. The van der Waals surface area contributed by atoms with Crippen molar-refractivity contribution in [2.75, 3.05) is 26.3 Å². The monoisotopic (exact) mass is 421 g/mol. The molecule has 0 aliphatic carbocycles. The number of nitrogens with zero attached hydrogens (tertiary/aromatic N) is 2. The number of hydrogen-bond acceptors (Lipinski definition) is 4. The van der Waals surface area contributed by atoms with Crippen LogP contribution in [0.4, 0.5) is 0 Å². The van der Waals surface area contributed by atoms with Crippen molar-refractivity contribution in [3.63, 3.8) is 0 Å². The SMILES string of the molecule is C#C/C(=C\N=C(C)C1CCN(S(=O)C2(CC(N)=O)CCOCC2)CC1)CCCC. The molecule has 0 aromatic carbocycles. The quantitative estimate of drug-likeness (QED) is 0.459. The van der Waals surface area contributed by atoms with E-state index in [1.165, 1.54) is 0 Å². The van der Waals surface area contributed by atoms with Crippen molar-refractivity contribution in [3.8, 4) is 12.3 Å². The Hall–Kier alpha value is -1.49. The zero-order valence-corrected chi connectivity index (χ0v) is 18.6. The Kier molecular flexibility index (Phi) is 9.54. The molecule has 0 aromatic heterocycles. The van der Waals surface area contributed by atoms with E-state index >= 15 is 0 Å². The Bertz CT molecular complexity index is 682. The highest BCUT2D eigenvalue weighted by Gasteiger charge is 2.43. The Morgan fingerprint density at radius 2 is 2.03 bits per heavy atom. The number of carbonyl (C=O) groups excluding carboxylic acids is 1. The predicted octanol–water partition coefficient (Wildman–Crippen LogP) is 2.95. The molecule has 0 saturated carbocycles. The number of unbranched alkanes of at least 4 members (excludes halogenated alkanes) is 1. The molecule has 1 unspecified atom stereocenters. The molecule has 2 heterocycles. The van der Waals surface area contributed by atoms with E-state index in [0.717, 1.165) is 56.5 Å². The molecule has 0 spiro atoms. The highest BCUT2D eigenvalue weighted by molar-refractivity contribution is 7.84. The molecule has 0 aromatic rings. The molecular formula is C22H35N3O3S. The van der Waals surface area contributed by atoms with Gasteiger partial charge in [-0.15, -0.1) is 6.42 Å². The van der Waals surface area contributed by atoms with E-state index < -0.39 is 21.6 Å². The van der Waals surface area contributed by atoms with Crippen LogP contribution in [-0.4, -0.2) is 51.2 Å². The van der Waals surface area contributed by atoms with Gasteiger partial charge in [0.1, 0.15) is 11.0 Å². The van der Waals surface area contributed by atoms with E-state index in [9.17, 15) is 9.00 Å². The maximum Gasteiger partial charge on any atom is 0.218 e. The average molecular weight is 422 g/mol. The third-order valence-corrected chi connectivity index (χ3v) is 8.09. The highest BCUT2D eigenvalue weighted by atomic mass is 32.2.